The van der Waals surface area contributed by atoms with Gasteiger partial charge in [0.05, 0.1) is 0 Å². The van der Waals surface area contributed by atoms with Crippen LogP contribution in [0.15, 0.2) is 88.0 Å². The quantitative estimate of drug-likeness (QED) is 0.124. The Morgan fingerprint density at radius 1 is 0.839 bits per heavy atom. The van der Waals surface area contributed by atoms with Gasteiger partial charge in [0.15, 0.2) is 18.3 Å². The number of alkyl carbamates (subject to hydrolysis) is 1. The van der Waals surface area contributed by atoms with Crippen molar-refractivity contribution in [1.82, 2.24) is 10.2 Å². The van der Waals surface area contributed by atoms with Crippen LogP contribution in [0.25, 0.3) is 11.1 Å². The predicted octanol–water partition coefficient (Wildman–Crippen LogP) is 8.92. The number of nitrogens with zero attached hydrogens (tertiary/aromatic N) is 4. The number of aliphatic imine (C=N–C) groups is 1. The van der Waals surface area contributed by atoms with Crippen molar-refractivity contribution in [3.8, 4) is 11.1 Å². The summed E-state index contributed by atoms with van der Waals surface area (Å²) in [5.74, 6) is 0.206. The molecule has 2 aliphatic rings. The lowest BCUT2D eigenvalue weighted by molar-refractivity contribution is -0.129. The van der Waals surface area contributed by atoms with Gasteiger partial charge in [-0.2, -0.15) is 5.11 Å². The van der Waals surface area contributed by atoms with Crippen molar-refractivity contribution < 1.29 is 23.9 Å². The Bertz CT molecular complexity index is 1840. The molecule has 3 aromatic rings. The van der Waals surface area contributed by atoms with E-state index in [2.05, 4.69) is 44.6 Å². The Balaban J connectivity index is 1.21. The second-order valence-electron chi connectivity index (χ2n) is 15.9. The number of ether oxygens (including phenoxy) is 1. The minimum absolute atomic E-state index is 0.1000. The third-order valence-corrected chi connectivity index (χ3v) is 10.7. The lowest BCUT2D eigenvalue weighted by atomic mass is 9.77. The van der Waals surface area contributed by atoms with Crippen molar-refractivity contribution in [2.75, 3.05) is 38.2 Å². The van der Waals surface area contributed by atoms with E-state index in [9.17, 15) is 19.2 Å². The highest BCUT2D eigenvalue weighted by Gasteiger charge is 2.31. The summed E-state index contributed by atoms with van der Waals surface area (Å²) in [6, 6.07) is 23.2. The van der Waals surface area contributed by atoms with Crippen LogP contribution < -0.4 is 10.6 Å². The number of rotatable bonds is 18. The number of hydrogen-bond donors (Lipinski definition) is 2. The van der Waals surface area contributed by atoms with Gasteiger partial charge in [-0.05, 0) is 126 Å². The number of anilines is 1. The summed E-state index contributed by atoms with van der Waals surface area (Å²) < 4.78 is 5.37. The van der Waals surface area contributed by atoms with Crippen LogP contribution >= 0.6 is 0 Å². The molecule has 2 N–H and O–H groups in total. The Morgan fingerprint density at radius 2 is 1.46 bits per heavy atom. The van der Waals surface area contributed by atoms with Crippen LogP contribution in [-0.2, 0) is 20.7 Å². The van der Waals surface area contributed by atoms with Gasteiger partial charge in [0.25, 0.3) is 0 Å². The van der Waals surface area contributed by atoms with Crippen LogP contribution in [0.4, 0.5) is 10.5 Å². The largest absolute Gasteiger partial charge is 0.444 e. The van der Waals surface area contributed by atoms with E-state index < -0.39 is 17.6 Å². The average Bonchev–Trinajstić information content (AvgIpc) is 3.74. The van der Waals surface area contributed by atoms with Crippen LogP contribution in [0.1, 0.15) is 101 Å². The molecule has 1 saturated carbocycles. The molecule has 11 heteroatoms. The van der Waals surface area contributed by atoms with Crippen molar-refractivity contribution in [3.63, 3.8) is 0 Å². The van der Waals surface area contributed by atoms with Crippen molar-refractivity contribution in [1.29, 1.82) is 0 Å². The van der Waals surface area contributed by atoms with Gasteiger partial charge in [0, 0.05) is 48.0 Å². The van der Waals surface area contributed by atoms with E-state index in [1.54, 1.807) is 0 Å². The van der Waals surface area contributed by atoms with Crippen LogP contribution in [0.5, 0.6) is 0 Å². The molecule has 1 aliphatic heterocycles. The van der Waals surface area contributed by atoms with Gasteiger partial charge in [-0.15, -0.1) is 5.11 Å². The fourth-order valence-corrected chi connectivity index (χ4v) is 7.34. The second-order valence-corrected chi connectivity index (χ2v) is 15.9. The number of hydrogen-bond acceptors (Lipinski definition) is 9. The molecule has 56 heavy (non-hydrogen) atoms. The number of carbonyl (C=O) groups is 4. The molecular weight excluding hydrogens is 705 g/mol. The molecule has 0 bridgehead atoms. The van der Waals surface area contributed by atoms with Gasteiger partial charge in [-0.25, -0.2) is 9.79 Å². The van der Waals surface area contributed by atoms with E-state index in [1.807, 2.05) is 93.6 Å². The van der Waals surface area contributed by atoms with Crippen molar-refractivity contribution >= 4 is 35.1 Å². The maximum Gasteiger partial charge on any atom is 0.407 e. The summed E-state index contributed by atoms with van der Waals surface area (Å²) >= 11 is 0. The van der Waals surface area contributed by atoms with Crippen LogP contribution in [0, 0.1) is 17.8 Å². The van der Waals surface area contributed by atoms with Gasteiger partial charge < -0.3 is 20.3 Å². The predicted molar refractivity (Wildman–Crippen MR) is 221 cm³/mol. The highest BCUT2D eigenvalue weighted by molar-refractivity contribution is 6.01. The lowest BCUT2D eigenvalue weighted by Gasteiger charge is -2.29. The molecule has 0 spiro atoms. The zero-order chi connectivity index (χ0) is 40.1. The number of Topliss-reactive ketones (excluding diaryl/α,β-unsaturated/α-hetero) is 2. The molecule has 1 aliphatic carbocycles. The number of amidine groups is 1. The summed E-state index contributed by atoms with van der Waals surface area (Å²) in [6.07, 6.45) is 4.61. The molecule has 5 rings (SSSR count). The number of azo groups is 1. The van der Waals surface area contributed by atoms with E-state index in [4.69, 9.17) is 4.74 Å². The second kappa shape index (κ2) is 20.2. The number of carbonyl (C=O) groups excluding carboxylic acids is 4. The molecular formula is C45H58N6O5. The van der Waals surface area contributed by atoms with E-state index >= 15 is 0 Å². The number of benzene rings is 3. The normalized spacial score (nSPS) is 17.3. The third-order valence-electron chi connectivity index (χ3n) is 10.7. The van der Waals surface area contributed by atoms with Crippen molar-refractivity contribution in [2.45, 2.75) is 91.6 Å². The van der Waals surface area contributed by atoms with Gasteiger partial charge in [0.1, 0.15) is 11.4 Å². The van der Waals surface area contributed by atoms with Crippen LogP contribution in [-0.4, -0.2) is 72.8 Å². The number of amides is 2. The van der Waals surface area contributed by atoms with Crippen LogP contribution in [0.2, 0.25) is 0 Å². The number of nitrogens with one attached hydrogen (secondary N) is 2. The zero-order valence-electron chi connectivity index (χ0n) is 33.7. The molecule has 11 nitrogen and oxygen atoms in total. The molecule has 0 saturated heterocycles. The van der Waals surface area contributed by atoms with Crippen molar-refractivity contribution in [2.24, 2.45) is 33.0 Å². The minimum Gasteiger partial charge on any atom is -0.444 e. The smallest absolute Gasteiger partial charge is 0.407 e. The molecule has 0 unspecified atom stereocenters. The molecule has 0 radical (unpaired) electrons. The molecule has 0 aromatic heterocycles. The summed E-state index contributed by atoms with van der Waals surface area (Å²) in [5, 5.41) is 13.9. The fraction of sp³-hybridized carbons (Fsp3) is 0.489. The van der Waals surface area contributed by atoms with E-state index in [0.29, 0.717) is 37.6 Å². The summed E-state index contributed by atoms with van der Waals surface area (Å²) in [5.41, 5.74) is 4.59. The minimum atomic E-state index is -0.570. The molecule has 2 amide bonds. The maximum atomic E-state index is 13.9. The monoisotopic (exact) mass is 762 g/mol. The van der Waals surface area contributed by atoms with E-state index in [1.165, 1.54) is 0 Å². The summed E-state index contributed by atoms with van der Waals surface area (Å²) in [7, 11) is 0. The SMILES string of the molecule is CCN(CC)CCCC(=O)c1ccc(-c2ccc(C[C@H](CC(=O)C3CCC(CNC(=O)OC(C)(C)C)CC3)C(=O)Nc3ccc(C4=NCN=N4)cc3)cc2)cc1. The first-order valence-corrected chi connectivity index (χ1v) is 20.2. The standard InChI is InChI=1S/C45H58N6O5/c1-6-51(7-2)26-8-9-40(52)35-20-18-34(19-21-35)33-14-10-31(11-15-33)27-38(43(54)49-39-24-22-37(23-25-39)42-47-30-48-50-42)28-41(53)36-16-12-32(13-17-36)29-46-44(55)56-45(3,4)5/h10-11,14-15,18-25,32,36,38H,6-9,12-13,16-17,26-30H2,1-5H3,(H,46,55)(H,49,54)/t32?,36?,38-/m1/s1. The first-order chi connectivity index (χ1) is 26.9. The van der Waals surface area contributed by atoms with Crippen LogP contribution in [0.3, 0.4) is 0 Å². The van der Waals surface area contributed by atoms with Gasteiger partial charge in [-0.3, -0.25) is 14.4 Å². The Morgan fingerprint density at radius 3 is 2.05 bits per heavy atom. The highest BCUT2D eigenvalue weighted by Crippen LogP contribution is 2.32. The molecule has 1 fully saturated rings. The molecule has 1 heterocycles. The Hall–Kier alpha value is -5.03. The summed E-state index contributed by atoms with van der Waals surface area (Å²) in [4.78, 5) is 59.2. The van der Waals surface area contributed by atoms with E-state index in [0.717, 1.165) is 79.6 Å². The first-order valence-electron chi connectivity index (χ1n) is 20.2. The first kappa shape index (κ1) is 42.1. The summed E-state index contributed by atoms with van der Waals surface area (Å²) in [6.45, 7) is 13.5. The maximum absolute atomic E-state index is 13.9. The molecule has 1 atom stereocenters. The Labute approximate surface area is 331 Å². The highest BCUT2D eigenvalue weighted by atomic mass is 16.6. The number of ketones is 2. The Kier molecular flexibility index (Phi) is 15.2. The molecule has 298 valence electrons. The fourth-order valence-electron chi connectivity index (χ4n) is 7.34. The average molecular weight is 763 g/mol. The van der Waals surface area contributed by atoms with Gasteiger partial charge in [0.2, 0.25) is 5.91 Å². The van der Waals surface area contributed by atoms with Gasteiger partial charge in [-0.1, -0.05) is 62.4 Å². The lowest BCUT2D eigenvalue weighted by Crippen LogP contribution is -2.37. The third kappa shape index (κ3) is 12.8. The topological polar surface area (TPSA) is 142 Å². The van der Waals surface area contributed by atoms with E-state index in [-0.39, 0.29) is 35.7 Å². The van der Waals surface area contributed by atoms with Gasteiger partial charge >= 0.3 is 6.09 Å². The molecule has 3 aromatic carbocycles. The zero-order valence-corrected chi connectivity index (χ0v) is 33.7. The van der Waals surface area contributed by atoms with Crippen molar-refractivity contribution in [3.05, 3.63) is 89.5 Å².